The smallest absolute Gasteiger partial charge is 0.328 e. The Morgan fingerprint density at radius 1 is 1.52 bits per heavy atom. The first kappa shape index (κ1) is 16.7. The first-order valence-corrected chi connectivity index (χ1v) is 6.77. The van der Waals surface area contributed by atoms with E-state index >= 15 is 0 Å². The van der Waals surface area contributed by atoms with E-state index < -0.39 is 11.8 Å². The van der Waals surface area contributed by atoms with Crippen molar-refractivity contribution < 1.29 is 14.3 Å². The molecule has 21 heavy (non-hydrogen) atoms. The van der Waals surface area contributed by atoms with Gasteiger partial charge in [-0.3, -0.25) is 0 Å². The molecule has 0 bridgehead atoms. The average molecular weight is 290 g/mol. The zero-order valence-corrected chi connectivity index (χ0v) is 12.2. The van der Waals surface area contributed by atoms with E-state index in [4.69, 9.17) is 10.4 Å². The minimum Gasteiger partial charge on any atom is -0.478 e. The Bertz CT molecular complexity index is 562. The van der Waals surface area contributed by atoms with E-state index in [9.17, 15) is 9.18 Å². The third-order valence-electron chi connectivity index (χ3n) is 2.82. The van der Waals surface area contributed by atoms with Gasteiger partial charge in [0.25, 0.3) is 0 Å². The summed E-state index contributed by atoms with van der Waals surface area (Å²) in [5.41, 5.74) is 0.843. The average Bonchev–Trinajstić information content (AvgIpc) is 2.41. The van der Waals surface area contributed by atoms with Gasteiger partial charge in [0.1, 0.15) is 5.82 Å². The standard InChI is InChI=1S/C16H19FN2O2/c1-12(2)11-19(10-4-9-18)16-13(7-8-15(20)21)5-3-6-14(16)17/h3,5-8,12H,4,10-11H2,1-2H3,(H,20,21)/b8-7+. The van der Waals surface area contributed by atoms with Crippen molar-refractivity contribution in [2.45, 2.75) is 20.3 Å². The fraction of sp³-hybridized carbons (Fsp3) is 0.375. The van der Waals surface area contributed by atoms with E-state index in [1.165, 1.54) is 18.2 Å². The minimum atomic E-state index is -1.09. The Morgan fingerprint density at radius 3 is 2.81 bits per heavy atom. The summed E-state index contributed by atoms with van der Waals surface area (Å²) >= 11 is 0. The molecule has 0 radical (unpaired) electrons. The number of carboxylic acids is 1. The van der Waals surface area contributed by atoms with Crippen LogP contribution in [0, 0.1) is 23.1 Å². The molecule has 0 aliphatic rings. The van der Waals surface area contributed by atoms with E-state index in [0.29, 0.717) is 30.3 Å². The molecule has 0 amide bonds. The summed E-state index contributed by atoms with van der Waals surface area (Å²) in [6, 6.07) is 6.60. The van der Waals surface area contributed by atoms with Crippen LogP contribution >= 0.6 is 0 Å². The Kier molecular flexibility index (Phi) is 6.41. The lowest BCUT2D eigenvalue weighted by molar-refractivity contribution is -0.131. The van der Waals surface area contributed by atoms with E-state index in [2.05, 4.69) is 6.07 Å². The number of halogens is 1. The molecule has 0 atom stereocenters. The van der Waals surface area contributed by atoms with Crippen LogP contribution in [0.3, 0.4) is 0 Å². The Balaban J connectivity index is 3.21. The van der Waals surface area contributed by atoms with Crippen molar-refractivity contribution in [3.8, 4) is 6.07 Å². The highest BCUT2D eigenvalue weighted by Gasteiger charge is 2.16. The van der Waals surface area contributed by atoms with E-state index in [1.54, 1.807) is 11.0 Å². The first-order chi connectivity index (χ1) is 9.95. The minimum absolute atomic E-state index is 0.281. The fourth-order valence-electron chi connectivity index (χ4n) is 2.08. The highest BCUT2D eigenvalue weighted by atomic mass is 19.1. The van der Waals surface area contributed by atoms with Crippen LogP contribution in [-0.4, -0.2) is 24.2 Å². The first-order valence-electron chi connectivity index (χ1n) is 6.77. The number of benzene rings is 1. The van der Waals surface area contributed by atoms with Crippen molar-refractivity contribution in [3.63, 3.8) is 0 Å². The Hall–Kier alpha value is -2.35. The molecule has 1 N–H and O–H groups in total. The van der Waals surface area contributed by atoms with Gasteiger partial charge in [0.2, 0.25) is 0 Å². The number of rotatable bonds is 7. The Labute approximate surface area is 124 Å². The van der Waals surface area contributed by atoms with Crippen LogP contribution in [0.4, 0.5) is 10.1 Å². The second-order valence-corrected chi connectivity index (χ2v) is 5.10. The molecule has 0 aliphatic heterocycles. The molecule has 4 nitrogen and oxygen atoms in total. The predicted octanol–water partition coefficient (Wildman–Crippen LogP) is 3.30. The van der Waals surface area contributed by atoms with Crippen molar-refractivity contribution in [2.75, 3.05) is 18.0 Å². The van der Waals surface area contributed by atoms with Gasteiger partial charge in [-0.15, -0.1) is 0 Å². The molecule has 0 spiro atoms. The molecule has 0 fully saturated rings. The molecule has 1 aromatic carbocycles. The van der Waals surface area contributed by atoms with Gasteiger partial charge in [-0.25, -0.2) is 9.18 Å². The topological polar surface area (TPSA) is 64.3 Å². The molecule has 1 rings (SSSR count). The third-order valence-corrected chi connectivity index (χ3v) is 2.82. The number of hydrogen-bond donors (Lipinski definition) is 1. The van der Waals surface area contributed by atoms with E-state index in [-0.39, 0.29) is 6.42 Å². The highest BCUT2D eigenvalue weighted by molar-refractivity contribution is 5.87. The summed E-state index contributed by atoms with van der Waals surface area (Å²) in [4.78, 5) is 12.4. The van der Waals surface area contributed by atoms with Crippen LogP contribution in [0.5, 0.6) is 0 Å². The maximum absolute atomic E-state index is 14.2. The van der Waals surface area contributed by atoms with Crippen LogP contribution in [0.1, 0.15) is 25.8 Å². The molecule has 0 aromatic heterocycles. The molecule has 1 aromatic rings. The van der Waals surface area contributed by atoms with Crippen molar-refractivity contribution in [2.24, 2.45) is 5.92 Å². The summed E-state index contributed by atoms with van der Waals surface area (Å²) in [6.45, 7) is 5.01. The largest absolute Gasteiger partial charge is 0.478 e. The number of anilines is 1. The predicted molar refractivity (Wildman–Crippen MR) is 80.4 cm³/mol. The van der Waals surface area contributed by atoms with Crippen LogP contribution in [-0.2, 0) is 4.79 Å². The van der Waals surface area contributed by atoms with Gasteiger partial charge in [-0.05, 0) is 18.1 Å². The number of carboxylic acid groups (broad SMARTS) is 1. The number of hydrogen-bond acceptors (Lipinski definition) is 3. The van der Waals surface area contributed by atoms with Crippen molar-refractivity contribution in [3.05, 3.63) is 35.7 Å². The Morgan fingerprint density at radius 2 is 2.24 bits per heavy atom. The number of carbonyl (C=O) groups is 1. The molecular weight excluding hydrogens is 271 g/mol. The summed E-state index contributed by atoms with van der Waals surface area (Å²) in [6.07, 6.45) is 2.64. The third kappa shape index (κ3) is 5.27. The summed E-state index contributed by atoms with van der Waals surface area (Å²) < 4.78 is 14.2. The van der Waals surface area contributed by atoms with Crippen LogP contribution in [0.15, 0.2) is 24.3 Å². The van der Waals surface area contributed by atoms with E-state index in [0.717, 1.165) is 6.08 Å². The molecule has 112 valence electrons. The number of aliphatic carboxylic acids is 1. The normalized spacial score (nSPS) is 10.8. The van der Waals surface area contributed by atoms with Crippen LogP contribution in [0.2, 0.25) is 0 Å². The van der Waals surface area contributed by atoms with Gasteiger partial charge in [0, 0.05) is 24.7 Å². The molecule has 0 unspecified atom stereocenters. The van der Waals surface area contributed by atoms with Gasteiger partial charge < -0.3 is 10.0 Å². The number of para-hydroxylation sites is 1. The monoisotopic (exact) mass is 290 g/mol. The quantitative estimate of drug-likeness (QED) is 0.783. The van der Waals surface area contributed by atoms with Crippen LogP contribution in [0.25, 0.3) is 6.08 Å². The summed E-state index contributed by atoms with van der Waals surface area (Å²) in [7, 11) is 0. The maximum Gasteiger partial charge on any atom is 0.328 e. The van der Waals surface area contributed by atoms with Gasteiger partial charge in [-0.2, -0.15) is 5.26 Å². The second-order valence-electron chi connectivity index (χ2n) is 5.10. The van der Waals surface area contributed by atoms with Crippen molar-refractivity contribution in [1.82, 2.24) is 0 Å². The fourth-order valence-corrected chi connectivity index (χ4v) is 2.08. The SMILES string of the molecule is CC(C)CN(CCC#N)c1c(F)cccc1/C=C/C(=O)O. The maximum atomic E-state index is 14.2. The molecule has 0 saturated carbocycles. The molecule has 0 saturated heterocycles. The second kappa shape index (κ2) is 8.05. The lowest BCUT2D eigenvalue weighted by Gasteiger charge is -2.27. The van der Waals surface area contributed by atoms with Crippen LogP contribution < -0.4 is 4.90 Å². The van der Waals surface area contributed by atoms with Gasteiger partial charge in [0.05, 0.1) is 18.2 Å². The van der Waals surface area contributed by atoms with E-state index in [1.807, 2.05) is 13.8 Å². The molecule has 5 heteroatoms. The highest BCUT2D eigenvalue weighted by Crippen LogP contribution is 2.27. The molecular formula is C16H19FN2O2. The van der Waals surface area contributed by atoms with Gasteiger partial charge in [-0.1, -0.05) is 26.0 Å². The summed E-state index contributed by atoms with van der Waals surface area (Å²) in [5.74, 6) is -1.21. The van der Waals surface area contributed by atoms with Gasteiger partial charge in [0.15, 0.2) is 0 Å². The zero-order chi connectivity index (χ0) is 15.8. The molecule has 0 heterocycles. The lowest BCUT2D eigenvalue weighted by Crippen LogP contribution is -2.30. The number of nitriles is 1. The number of nitrogens with zero attached hydrogens (tertiary/aromatic N) is 2. The zero-order valence-electron chi connectivity index (χ0n) is 12.2. The van der Waals surface area contributed by atoms with Crippen molar-refractivity contribution >= 4 is 17.7 Å². The molecule has 0 aliphatic carbocycles. The van der Waals surface area contributed by atoms with Gasteiger partial charge >= 0.3 is 5.97 Å². The van der Waals surface area contributed by atoms with Crippen molar-refractivity contribution in [1.29, 1.82) is 5.26 Å². The summed E-state index contributed by atoms with van der Waals surface area (Å²) in [5, 5.41) is 17.5. The lowest BCUT2D eigenvalue weighted by atomic mass is 10.1.